The van der Waals surface area contributed by atoms with Crippen LogP contribution >= 0.6 is 0 Å². The van der Waals surface area contributed by atoms with Crippen molar-refractivity contribution in [1.29, 1.82) is 0 Å². The molecule has 0 spiro atoms. The van der Waals surface area contributed by atoms with E-state index in [0.717, 1.165) is 4.90 Å². The van der Waals surface area contributed by atoms with Crippen LogP contribution in [-0.2, 0) is 19.2 Å². The molecular weight excluding hydrogens is 226 g/mol. The maximum atomic E-state index is 11.3. The standard InChI is InChI=1S/C10H13N3O4/c1-17-12-6-5-11-8(14)4-7-13-9(15)2-3-10(13)16/h2-3,6H,4-5,7H2,1H3,(H,11,14)/b12-6+. The predicted octanol–water partition coefficient (Wildman–Crippen LogP) is -0.950. The third-order valence-electron chi connectivity index (χ3n) is 2.03. The highest BCUT2D eigenvalue weighted by molar-refractivity contribution is 6.13. The summed E-state index contributed by atoms with van der Waals surface area (Å²) in [4.78, 5) is 39.0. The van der Waals surface area contributed by atoms with Gasteiger partial charge in [-0.15, -0.1) is 0 Å². The molecule has 0 aromatic heterocycles. The van der Waals surface area contributed by atoms with Crippen molar-refractivity contribution in [1.82, 2.24) is 10.2 Å². The Morgan fingerprint density at radius 1 is 1.47 bits per heavy atom. The fraction of sp³-hybridized carbons (Fsp3) is 0.400. The minimum atomic E-state index is -0.385. The monoisotopic (exact) mass is 239 g/mol. The minimum Gasteiger partial charge on any atom is -0.399 e. The van der Waals surface area contributed by atoms with Gasteiger partial charge in [-0.2, -0.15) is 0 Å². The first kappa shape index (κ1) is 12.9. The molecule has 1 N–H and O–H groups in total. The van der Waals surface area contributed by atoms with Crippen LogP contribution in [0.15, 0.2) is 17.3 Å². The molecule has 0 saturated carbocycles. The van der Waals surface area contributed by atoms with Crippen molar-refractivity contribution in [2.75, 3.05) is 20.2 Å². The van der Waals surface area contributed by atoms with Gasteiger partial charge >= 0.3 is 0 Å². The Morgan fingerprint density at radius 3 is 2.71 bits per heavy atom. The Bertz CT molecular complexity index is 358. The van der Waals surface area contributed by atoms with Crippen LogP contribution in [0.5, 0.6) is 0 Å². The van der Waals surface area contributed by atoms with Crippen LogP contribution in [0.4, 0.5) is 0 Å². The second kappa shape index (κ2) is 6.41. The molecule has 0 aliphatic carbocycles. The van der Waals surface area contributed by atoms with Gasteiger partial charge in [0.25, 0.3) is 11.8 Å². The topological polar surface area (TPSA) is 88.1 Å². The van der Waals surface area contributed by atoms with E-state index in [2.05, 4.69) is 15.3 Å². The number of amides is 3. The van der Waals surface area contributed by atoms with Gasteiger partial charge in [-0.1, -0.05) is 5.16 Å². The SMILES string of the molecule is CO/N=C/CNC(=O)CCN1C(=O)C=CC1=O. The molecule has 0 aromatic carbocycles. The molecule has 1 rings (SSSR count). The molecule has 17 heavy (non-hydrogen) atoms. The summed E-state index contributed by atoms with van der Waals surface area (Å²) in [5, 5.41) is 5.97. The number of nitrogens with one attached hydrogen (secondary N) is 1. The summed E-state index contributed by atoms with van der Waals surface area (Å²) >= 11 is 0. The minimum absolute atomic E-state index is 0.0694. The Labute approximate surface area is 98.1 Å². The van der Waals surface area contributed by atoms with Gasteiger partial charge in [-0.3, -0.25) is 19.3 Å². The van der Waals surface area contributed by atoms with Crippen molar-refractivity contribution in [3.05, 3.63) is 12.2 Å². The van der Waals surface area contributed by atoms with Crippen LogP contribution in [0, 0.1) is 0 Å². The maximum absolute atomic E-state index is 11.3. The van der Waals surface area contributed by atoms with E-state index in [1.165, 1.54) is 25.5 Å². The molecule has 0 aromatic rings. The number of hydrogen-bond acceptors (Lipinski definition) is 5. The van der Waals surface area contributed by atoms with Gasteiger partial charge in [-0.25, -0.2) is 0 Å². The van der Waals surface area contributed by atoms with Crippen LogP contribution in [0.3, 0.4) is 0 Å². The molecule has 0 atom stereocenters. The lowest BCUT2D eigenvalue weighted by molar-refractivity contribution is -0.137. The molecule has 0 bridgehead atoms. The van der Waals surface area contributed by atoms with Crippen molar-refractivity contribution in [2.45, 2.75) is 6.42 Å². The third kappa shape index (κ3) is 4.06. The van der Waals surface area contributed by atoms with Crippen LogP contribution in [-0.4, -0.2) is 49.0 Å². The Morgan fingerprint density at radius 2 is 2.12 bits per heavy atom. The van der Waals surface area contributed by atoms with E-state index in [0.29, 0.717) is 0 Å². The molecule has 3 amide bonds. The van der Waals surface area contributed by atoms with E-state index in [1.807, 2.05) is 0 Å². The highest BCUT2D eigenvalue weighted by atomic mass is 16.6. The number of imide groups is 1. The summed E-state index contributed by atoms with van der Waals surface area (Å²) in [5.74, 6) is -1.03. The molecule has 92 valence electrons. The van der Waals surface area contributed by atoms with E-state index < -0.39 is 0 Å². The average molecular weight is 239 g/mol. The quantitative estimate of drug-likeness (QED) is 0.368. The van der Waals surface area contributed by atoms with Gasteiger partial charge in [0, 0.05) is 25.1 Å². The van der Waals surface area contributed by atoms with E-state index in [9.17, 15) is 14.4 Å². The largest absolute Gasteiger partial charge is 0.399 e. The van der Waals surface area contributed by atoms with Crippen LogP contribution < -0.4 is 5.32 Å². The average Bonchev–Trinajstić information content (AvgIpc) is 2.62. The molecule has 1 aliphatic rings. The molecule has 7 nitrogen and oxygen atoms in total. The Hall–Kier alpha value is -2.18. The second-order valence-corrected chi connectivity index (χ2v) is 3.19. The molecule has 7 heteroatoms. The zero-order valence-electron chi connectivity index (χ0n) is 9.38. The normalized spacial score (nSPS) is 14.8. The number of hydrogen-bond donors (Lipinski definition) is 1. The fourth-order valence-corrected chi connectivity index (χ4v) is 1.22. The van der Waals surface area contributed by atoms with Crippen molar-refractivity contribution in [3.8, 4) is 0 Å². The van der Waals surface area contributed by atoms with E-state index in [-0.39, 0.29) is 37.2 Å². The predicted molar refractivity (Wildman–Crippen MR) is 59.0 cm³/mol. The fourth-order valence-electron chi connectivity index (χ4n) is 1.22. The third-order valence-corrected chi connectivity index (χ3v) is 2.03. The molecular formula is C10H13N3O4. The number of oxime groups is 1. The molecule has 0 saturated heterocycles. The Balaban J connectivity index is 2.22. The first-order chi connectivity index (χ1) is 8.15. The second-order valence-electron chi connectivity index (χ2n) is 3.19. The summed E-state index contributed by atoms with van der Waals surface area (Å²) in [6.45, 7) is 0.324. The van der Waals surface area contributed by atoms with Crippen LogP contribution in [0.1, 0.15) is 6.42 Å². The van der Waals surface area contributed by atoms with Crippen LogP contribution in [0.2, 0.25) is 0 Å². The molecule has 0 unspecified atom stereocenters. The van der Waals surface area contributed by atoms with Gasteiger partial charge in [0.1, 0.15) is 7.11 Å². The van der Waals surface area contributed by atoms with E-state index >= 15 is 0 Å². The lowest BCUT2D eigenvalue weighted by atomic mass is 10.3. The molecule has 1 aliphatic heterocycles. The lowest BCUT2D eigenvalue weighted by Crippen LogP contribution is -2.35. The number of carbonyl (C=O) groups is 3. The highest BCUT2D eigenvalue weighted by Gasteiger charge is 2.23. The maximum Gasteiger partial charge on any atom is 0.253 e. The van der Waals surface area contributed by atoms with Gasteiger partial charge in [0.2, 0.25) is 5.91 Å². The van der Waals surface area contributed by atoms with E-state index in [1.54, 1.807) is 0 Å². The van der Waals surface area contributed by atoms with Gasteiger partial charge in [-0.05, 0) is 0 Å². The van der Waals surface area contributed by atoms with Crippen molar-refractivity contribution in [3.63, 3.8) is 0 Å². The number of rotatable bonds is 6. The smallest absolute Gasteiger partial charge is 0.253 e. The number of nitrogens with zero attached hydrogens (tertiary/aromatic N) is 2. The molecule has 0 fully saturated rings. The highest BCUT2D eigenvalue weighted by Crippen LogP contribution is 2.03. The van der Waals surface area contributed by atoms with Gasteiger partial charge in [0.05, 0.1) is 12.8 Å². The van der Waals surface area contributed by atoms with Crippen molar-refractivity contribution < 1.29 is 19.2 Å². The zero-order valence-corrected chi connectivity index (χ0v) is 9.38. The summed E-state index contributed by atoms with van der Waals surface area (Å²) in [5.41, 5.74) is 0. The summed E-state index contributed by atoms with van der Waals surface area (Å²) in [6.07, 6.45) is 3.84. The first-order valence-electron chi connectivity index (χ1n) is 5.00. The van der Waals surface area contributed by atoms with E-state index in [4.69, 9.17) is 0 Å². The Kier molecular flexibility index (Phi) is 4.86. The first-order valence-corrected chi connectivity index (χ1v) is 5.00. The lowest BCUT2D eigenvalue weighted by Gasteiger charge is -2.12. The van der Waals surface area contributed by atoms with Gasteiger partial charge in [0.15, 0.2) is 0 Å². The molecule has 1 heterocycles. The summed E-state index contributed by atoms with van der Waals surface area (Å²) in [7, 11) is 1.40. The number of carbonyl (C=O) groups excluding carboxylic acids is 3. The zero-order chi connectivity index (χ0) is 12.7. The van der Waals surface area contributed by atoms with Crippen molar-refractivity contribution in [2.24, 2.45) is 5.16 Å². The van der Waals surface area contributed by atoms with Gasteiger partial charge < -0.3 is 10.2 Å². The van der Waals surface area contributed by atoms with Crippen LogP contribution in [0.25, 0.3) is 0 Å². The molecule has 0 radical (unpaired) electrons. The van der Waals surface area contributed by atoms with Crippen molar-refractivity contribution >= 4 is 23.9 Å². The summed E-state index contributed by atoms with van der Waals surface area (Å²) < 4.78 is 0. The summed E-state index contributed by atoms with van der Waals surface area (Å²) in [6, 6.07) is 0.